The third kappa shape index (κ3) is 2.57. The number of hydrogen-bond acceptors (Lipinski definition) is 3. The fourth-order valence-corrected chi connectivity index (χ4v) is 3.46. The van der Waals surface area contributed by atoms with Gasteiger partial charge in [-0.25, -0.2) is 0 Å². The molecule has 0 amide bonds. The first kappa shape index (κ1) is 13.9. The van der Waals surface area contributed by atoms with Gasteiger partial charge in [0.1, 0.15) is 5.76 Å². The molecule has 3 nitrogen and oxygen atoms in total. The van der Waals surface area contributed by atoms with Gasteiger partial charge < -0.3 is 15.0 Å². The van der Waals surface area contributed by atoms with E-state index in [9.17, 15) is 0 Å². The number of nitrogens with one attached hydrogen (secondary N) is 1. The summed E-state index contributed by atoms with van der Waals surface area (Å²) in [5.74, 6) is 1.19. The van der Waals surface area contributed by atoms with E-state index in [2.05, 4.69) is 37.3 Å². The summed E-state index contributed by atoms with van der Waals surface area (Å²) in [6.45, 7) is 4.16. The monoisotopic (exact) mass is 252 g/mol. The molecular weight excluding hydrogens is 224 g/mol. The Labute approximate surface area is 112 Å². The van der Waals surface area contributed by atoms with Crippen molar-refractivity contribution in [2.75, 3.05) is 27.2 Å². The normalized spacial score (nSPS) is 24.1. The molecule has 0 aromatic heterocycles. The van der Waals surface area contributed by atoms with Crippen LogP contribution in [0.3, 0.4) is 0 Å². The van der Waals surface area contributed by atoms with Crippen molar-refractivity contribution in [1.82, 2.24) is 10.2 Å². The van der Waals surface area contributed by atoms with Crippen molar-refractivity contribution < 1.29 is 4.74 Å². The van der Waals surface area contributed by atoms with Crippen LogP contribution in [0.15, 0.2) is 11.8 Å². The highest BCUT2D eigenvalue weighted by Crippen LogP contribution is 2.40. The summed E-state index contributed by atoms with van der Waals surface area (Å²) in [6.07, 6.45) is 9.78. The van der Waals surface area contributed by atoms with E-state index in [-0.39, 0.29) is 5.54 Å². The highest BCUT2D eigenvalue weighted by Gasteiger charge is 2.45. The van der Waals surface area contributed by atoms with Gasteiger partial charge in [-0.3, -0.25) is 0 Å². The first-order chi connectivity index (χ1) is 8.70. The van der Waals surface area contributed by atoms with E-state index >= 15 is 0 Å². The fourth-order valence-electron chi connectivity index (χ4n) is 3.46. The Bertz CT molecular complexity index is 293. The van der Waals surface area contributed by atoms with Gasteiger partial charge in [-0.2, -0.15) is 0 Å². The van der Waals surface area contributed by atoms with Crippen LogP contribution in [0.2, 0.25) is 0 Å². The quantitative estimate of drug-likeness (QED) is 0.786. The molecule has 0 bridgehead atoms. The summed E-state index contributed by atoms with van der Waals surface area (Å²) < 4.78 is 5.87. The Morgan fingerprint density at radius 1 is 1.39 bits per heavy atom. The SMILES string of the molecule is CCCNC(C1=CCCO1)C1(N(C)C)CCCC1. The third-order valence-electron chi connectivity index (χ3n) is 4.51. The van der Waals surface area contributed by atoms with Gasteiger partial charge in [0.05, 0.1) is 12.6 Å². The van der Waals surface area contributed by atoms with Gasteiger partial charge >= 0.3 is 0 Å². The molecule has 0 aromatic carbocycles. The summed E-state index contributed by atoms with van der Waals surface area (Å²) in [6, 6.07) is 0.373. The molecule has 1 atom stereocenters. The minimum atomic E-state index is 0.255. The lowest BCUT2D eigenvalue weighted by atomic mass is 9.85. The van der Waals surface area contributed by atoms with Crippen molar-refractivity contribution in [2.45, 2.75) is 57.0 Å². The van der Waals surface area contributed by atoms with Crippen molar-refractivity contribution in [2.24, 2.45) is 0 Å². The molecule has 1 aliphatic carbocycles. The summed E-state index contributed by atoms with van der Waals surface area (Å²) in [5, 5.41) is 3.74. The topological polar surface area (TPSA) is 24.5 Å². The van der Waals surface area contributed by atoms with Gasteiger partial charge in [0.15, 0.2) is 0 Å². The number of ether oxygens (including phenoxy) is 1. The highest BCUT2D eigenvalue weighted by molar-refractivity contribution is 5.18. The first-order valence-corrected chi connectivity index (χ1v) is 7.44. The molecule has 0 spiro atoms. The molecular formula is C15H28N2O. The van der Waals surface area contributed by atoms with Gasteiger partial charge in [-0.1, -0.05) is 19.8 Å². The van der Waals surface area contributed by atoms with Crippen LogP contribution in [0.5, 0.6) is 0 Å². The van der Waals surface area contributed by atoms with Crippen molar-refractivity contribution in [3.05, 3.63) is 11.8 Å². The van der Waals surface area contributed by atoms with Crippen LogP contribution in [0.25, 0.3) is 0 Å². The molecule has 2 aliphatic rings. The zero-order valence-corrected chi connectivity index (χ0v) is 12.2. The zero-order valence-electron chi connectivity index (χ0n) is 12.2. The maximum absolute atomic E-state index is 5.87. The van der Waals surface area contributed by atoms with Crippen LogP contribution in [-0.2, 0) is 4.74 Å². The van der Waals surface area contributed by atoms with Crippen LogP contribution >= 0.6 is 0 Å². The van der Waals surface area contributed by atoms with Gasteiger partial charge in [-0.05, 0) is 46.0 Å². The summed E-state index contributed by atoms with van der Waals surface area (Å²) >= 11 is 0. The van der Waals surface area contributed by atoms with Crippen LogP contribution in [0.1, 0.15) is 45.4 Å². The summed E-state index contributed by atoms with van der Waals surface area (Å²) in [5.41, 5.74) is 0.255. The molecule has 1 unspecified atom stereocenters. The maximum Gasteiger partial charge on any atom is 0.111 e. The fraction of sp³-hybridized carbons (Fsp3) is 0.867. The predicted molar refractivity (Wildman–Crippen MR) is 75.6 cm³/mol. The minimum absolute atomic E-state index is 0.255. The van der Waals surface area contributed by atoms with Gasteiger partial charge in [0.2, 0.25) is 0 Å². The molecule has 2 rings (SSSR count). The van der Waals surface area contributed by atoms with Crippen molar-refractivity contribution in [1.29, 1.82) is 0 Å². The first-order valence-electron chi connectivity index (χ1n) is 7.44. The molecule has 1 heterocycles. The van der Waals surface area contributed by atoms with Crippen molar-refractivity contribution in [3.63, 3.8) is 0 Å². The lowest BCUT2D eigenvalue weighted by Gasteiger charge is -2.43. The van der Waals surface area contributed by atoms with E-state index in [0.717, 1.165) is 19.6 Å². The Balaban J connectivity index is 2.19. The lowest BCUT2D eigenvalue weighted by molar-refractivity contribution is 0.0851. The Morgan fingerprint density at radius 2 is 2.11 bits per heavy atom. The van der Waals surface area contributed by atoms with E-state index in [0.29, 0.717) is 6.04 Å². The van der Waals surface area contributed by atoms with Crippen LogP contribution < -0.4 is 5.32 Å². The number of hydrogen-bond donors (Lipinski definition) is 1. The number of nitrogens with zero attached hydrogens (tertiary/aromatic N) is 1. The van der Waals surface area contributed by atoms with Crippen LogP contribution in [0.4, 0.5) is 0 Å². The third-order valence-corrected chi connectivity index (χ3v) is 4.51. The standard InChI is InChI=1S/C15H28N2O/c1-4-11-16-14(13-8-7-12-18-13)15(17(2)3)9-5-6-10-15/h8,14,16H,4-7,9-12H2,1-3H3. The highest BCUT2D eigenvalue weighted by atomic mass is 16.5. The molecule has 1 aliphatic heterocycles. The van der Waals surface area contributed by atoms with E-state index in [4.69, 9.17) is 4.74 Å². The second-order valence-electron chi connectivity index (χ2n) is 5.84. The van der Waals surface area contributed by atoms with E-state index in [1.807, 2.05) is 0 Å². The Morgan fingerprint density at radius 3 is 2.61 bits per heavy atom. The summed E-state index contributed by atoms with van der Waals surface area (Å²) in [4.78, 5) is 2.43. The molecule has 1 fully saturated rings. The van der Waals surface area contributed by atoms with E-state index < -0.39 is 0 Å². The second kappa shape index (κ2) is 6.07. The Kier molecular flexibility index (Phi) is 4.68. The molecule has 3 heteroatoms. The molecule has 0 radical (unpaired) electrons. The molecule has 1 saturated carbocycles. The van der Waals surface area contributed by atoms with Crippen molar-refractivity contribution >= 4 is 0 Å². The zero-order chi connectivity index (χ0) is 13.0. The van der Waals surface area contributed by atoms with E-state index in [1.54, 1.807) is 0 Å². The van der Waals surface area contributed by atoms with E-state index in [1.165, 1.54) is 37.9 Å². The lowest BCUT2D eigenvalue weighted by Crippen LogP contribution is -2.58. The molecule has 1 N–H and O–H groups in total. The van der Waals surface area contributed by atoms with Gasteiger partial charge in [0.25, 0.3) is 0 Å². The number of rotatable bonds is 6. The van der Waals surface area contributed by atoms with Gasteiger partial charge in [-0.15, -0.1) is 0 Å². The predicted octanol–water partition coefficient (Wildman–Crippen LogP) is 2.53. The molecule has 0 saturated heterocycles. The molecule has 18 heavy (non-hydrogen) atoms. The Hall–Kier alpha value is -0.540. The number of likely N-dealkylation sites (N-methyl/N-ethyl adjacent to an activating group) is 1. The minimum Gasteiger partial charge on any atom is -0.496 e. The largest absolute Gasteiger partial charge is 0.496 e. The van der Waals surface area contributed by atoms with Crippen LogP contribution in [-0.4, -0.2) is 43.7 Å². The second-order valence-corrected chi connectivity index (χ2v) is 5.84. The van der Waals surface area contributed by atoms with Gasteiger partial charge in [0, 0.05) is 12.0 Å². The molecule has 0 aromatic rings. The van der Waals surface area contributed by atoms with Crippen LogP contribution in [0, 0.1) is 0 Å². The average molecular weight is 252 g/mol. The average Bonchev–Trinajstić information content (AvgIpc) is 3.00. The smallest absolute Gasteiger partial charge is 0.111 e. The molecule has 104 valence electrons. The maximum atomic E-state index is 5.87. The summed E-state index contributed by atoms with van der Waals surface area (Å²) in [7, 11) is 4.45. The van der Waals surface area contributed by atoms with Crippen molar-refractivity contribution in [3.8, 4) is 0 Å².